The fraction of sp³-hybridized carbons (Fsp3) is 0.733. The zero-order chi connectivity index (χ0) is 10.9. The molecule has 0 saturated heterocycles. The number of allylic oxidation sites excluding steroid dienone is 4. The molecule has 1 spiro atoms. The van der Waals surface area contributed by atoms with Crippen LogP contribution in [0.5, 0.6) is 0 Å². The van der Waals surface area contributed by atoms with Crippen molar-refractivity contribution >= 4 is 0 Å². The molecule has 2 fully saturated rings. The van der Waals surface area contributed by atoms with E-state index < -0.39 is 0 Å². The first-order chi connectivity index (χ1) is 6.90. The molecule has 0 aliphatic heterocycles. The van der Waals surface area contributed by atoms with E-state index in [4.69, 9.17) is 0 Å². The fourth-order valence-electron chi connectivity index (χ4n) is 4.59. The van der Waals surface area contributed by atoms with Gasteiger partial charge in [-0.2, -0.15) is 0 Å². The first-order valence-corrected chi connectivity index (χ1v) is 6.31. The third-order valence-corrected chi connectivity index (χ3v) is 5.75. The third kappa shape index (κ3) is 0.898. The van der Waals surface area contributed by atoms with E-state index in [1.165, 1.54) is 19.3 Å². The predicted octanol–water partition coefficient (Wildman–Crippen LogP) is 4.34. The predicted molar refractivity (Wildman–Crippen MR) is 64.6 cm³/mol. The molecule has 82 valence electrons. The standard InChI is InChI=1S/C15H22/c1-13(2)8-5-6-12-14(3,4)11-7-9-15(12,13)10-11/h5-6,8,11H,7,9-10H2,1-4H3. The molecule has 3 rings (SSSR count). The summed E-state index contributed by atoms with van der Waals surface area (Å²) in [6.45, 7) is 9.78. The van der Waals surface area contributed by atoms with Crippen molar-refractivity contribution in [3.63, 3.8) is 0 Å². The van der Waals surface area contributed by atoms with Crippen LogP contribution in [0.15, 0.2) is 23.8 Å². The van der Waals surface area contributed by atoms with Crippen LogP contribution < -0.4 is 0 Å². The van der Waals surface area contributed by atoms with Crippen LogP contribution in [0.4, 0.5) is 0 Å². The van der Waals surface area contributed by atoms with Crippen LogP contribution in [0, 0.1) is 22.2 Å². The Labute approximate surface area is 93.5 Å². The van der Waals surface area contributed by atoms with Gasteiger partial charge in [-0.05, 0) is 36.0 Å². The molecule has 0 nitrogen and oxygen atoms in total. The Kier molecular flexibility index (Phi) is 1.56. The average molecular weight is 202 g/mol. The molecule has 0 aromatic heterocycles. The van der Waals surface area contributed by atoms with Crippen molar-refractivity contribution in [2.24, 2.45) is 22.2 Å². The summed E-state index contributed by atoms with van der Waals surface area (Å²) in [6.07, 6.45) is 11.4. The summed E-state index contributed by atoms with van der Waals surface area (Å²) >= 11 is 0. The highest BCUT2D eigenvalue weighted by Gasteiger charge is 2.63. The smallest absolute Gasteiger partial charge is 0.000921 e. The molecule has 0 aromatic carbocycles. The number of hydrogen-bond acceptors (Lipinski definition) is 0. The minimum atomic E-state index is 0.375. The Hall–Kier alpha value is -0.520. The van der Waals surface area contributed by atoms with Crippen LogP contribution in [0.1, 0.15) is 47.0 Å². The van der Waals surface area contributed by atoms with Gasteiger partial charge >= 0.3 is 0 Å². The van der Waals surface area contributed by atoms with E-state index in [1.807, 2.05) is 0 Å². The number of rotatable bonds is 0. The van der Waals surface area contributed by atoms with Gasteiger partial charge in [0.15, 0.2) is 0 Å². The molecule has 0 amide bonds. The van der Waals surface area contributed by atoms with Gasteiger partial charge in [-0.1, -0.05) is 51.5 Å². The van der Waals surface area contributed by atoms with E-state index in [-0.39, 0.29) is 0 Å². The first kappa shape index (κ1) is 9.69. The SMILES string of the molecule is CC1(C)C2=CC=CC(C)(C)C23CCC1C3. The van der Waals surface area contributed by atoms with Crippen LogP contribution in [-0.4, -0.2) is 0 Å². The lowest BCUT2D eigenvalue weighted by Crippen LogP contribution is -2.39. The highest BCUT2D eigenvalue weighted by molar-refractivity contribution is 5.42. The Bertz CT molecular complexity index is 365. The minimum Gasteiger partial charge on any atom is -0.0780 e. The second-order valence-corrected chi connectivity index (χ2v) is 6.90. The Balaban J connectivity index is 2.20. The van der Waals surface area contributed by atoms with Gasteiger partial charge < -0.3 is 0 Å². The van der Waals surface area contributed by atoms with Crippen LogP contribution >= 0.6 is 0 Å². The van der Waals surface area contributed by atoms with Crippen molar-refractivity contribution in [2.45, 2.75) is 47.0 Å². The molecular formula is C15H22. The highest BCUT2D eigenvalue weighted by Crippen LogP contribution is 2.72. The third-order valence-electron chi connectivity index (χ3n) is 5.75. The summed E-state index contributed by atoms with van der Waals surface area (Å²) in [6, 6.07) is 0. The first-order valence-electron chi connectivity index (χ1n) is 6.31. The number of hydrogen-bond donors (Lipinski definition) is 0. The van der Waals surface area contributed by atoms with Crippen LogP contribution in [0.25, 0.3) is 0 Å². The monoisotopic (exact) mass is 202 g/mol. The summed E-state index contributed by atoms with van der Waals surface area (Å²) in [5, 5.41) is 0. The van der Waals surface area contributed by atoms with Gasteiger partial charge in [0.2, 0.25) is 0 Å². The van der Waals surface area contributed by atoms with E-state index in [1.54, 1.807) is 5.57 Å². The second kappa shape index (κ2) is 2.42. The molecule has 2 saturated carbocycles. The highest BCUT2D eigenvalue weighted by atomic mass is 14.7. The van der Waals surface area contributed by atoms with E-state index >= 15 is 0 Å². The Morgan fingerprint density at radius 2 is 1.93 bits per heavy atom. The van der Waals surface area contributed by atoms with Gasteiger partial charge in [0.05, 0.1) is 0 Å². The zero-order valence-electron chi connectivity index (χ0n) is 10.4. The quantitative estimate of drug-likeness (QED) is 0.548. The molecule has 3 aliphatic rings. The van der Waals surface area contributed by atoms with E-state index in [0.29, 0.717) is 16.2 Å². The van der Waals surface area contributed by atoms with Crippen LogP contribution in [-0.2, 0) is 0 Å². The molecule has 2 atom stereocenters. The van der Waals surface area contributed by atoms with Crippen LogP contribution in [0.2, 0.25) is 0 Å². The lowest BCUT2D eigenvalue weighted by molar-refractivity contribution is 0.158. The summed E-state index contributed by atoms with van der Waals surface area (Å²) in [5.74, 6) is 0.933. The van der Waals surface area contributed by atoms with Gasteiger partial charge in [-0.3, -0.25) is 0 Å². The minimum absolute atomic E-state index is 0.375. The number of fused-ring (bicyclic) bond motifs is 1. The van der Waals surface area contributed by atoms with Crippen LogP contribution in [0.3, 0.4) is 0 Å². The van der Waals surface area contributed by atoms with Crippen molar-refractivity contribution < 1.29 is 0 Å². The van der Waals surface area contributed by atoms with Gasteiger partial charge in [0.25, 0.3) is 0 Å². The maximum atomic E-state index is 2.46. The fourth-order valence-corrected chi connectivity index (χ4v) is 4.59. The van der Waals surface area contributed by atoms with E-state index in [0.717, 1.165) is 5.92 Å². The molecule has 2 bridgehead atoms. The summed E-state index contributed by atoms with van der Waals surface area (Å²) < 4.78 is 0. The van der Waals surface area contributed by atoms with Gasteiger partial charge in [-0.15, -0.1) is 0 Å². The molecule has 0 aromatic rings. The Morgan fingerprint density at radius 3 is 2.60 bits per heavy atom. The molecular weight excluding hydrogens is 180 g/mol. The van der Waals surface area contributed by atoms with E-state index in [2.05, 4.69) is 45.9 Å². The lowest BCUT2D eigenvalue weighted by atomic mass is 9.56. The van der Waals surface area contributed by atoms with Gasteiger partial charge in [-0.25, -0.2) is 0 Å². The largest absolute Gasteiger partial charge is 0.0780 e. The van der Waals surface area contributed by atoms with Crippen molar-refractivity contribution in [2.75, 3.05) is 0 Å². The molecule has 2 unspecified atom stereocenters. The molecule has 0 N–H and O–H groups in total. The van der Waals surface area contributed by atoms with Crippen molar-refractivity contribution in [1.82, 2.24) is 0 Å². The van der Waals surface area contributed by atoms with E-state index in [9.17, 15) is 0 Å². The second-order valence-electron chi connectivity index (χ2n) is 6.90. The summed E-state index contributed by atoms with van der Waals surface area (Å²) in [5.41, 5.74) is 3.09. The average Bonchev–Trinajstić information content (AvgIpc) is 2.63. The molecule has 0 heteroatoms. The topological polar surface area (TPSA) is 0 Å². The molecule has 0 heterocycles. The van der Waals surface area contributed by atoms with Crippen molar-refractivity contribution in [3.05, 3.63) is 23.8 Å². The Morgan fingerprint density at radius 1 is 1.20 bits per heavy atom. The maximum Gasteiger partial charge on any atom is 0.000921 e. The van der Waals surface area contributed by atoms with Crippen molar-refractivity contribution in [3.8, 4) is 0 Å². The molecule has 15 heavy (non-hydrogen) atoms. The zero-order valence-corrected chi connectivity index (χ0v) is 10.4. The summed E-state index contributed by atoms with van der Waals surface area (Å²) in [4.78, 5) is 0. The normalized spacial score (nSPS) is 44.0. The van der Waals surface area contributed by atoms with Crippen molar-refractivity contribution in [1.29, 1.82) is 0 Å². The lowest BCUT2D eigenvalue weighted by Gasteiger charge is -2.48. The summed E-state index contributed by atoms with van der Waals surface area (Å²) in [7, 11) is 0. The maximum absolute atomic E-state index is 2.46. The molecule has 0 radical (unpaired) electrons. The van der Waals surface area contributed by atoms with Gasteiger partial charge in [0, 0.05) is 5.41 Å². The van der Waals surface area contributed by atoms with Gasteiger partial charge in [0.1, 0.15) is 0 Å². The molecule has 3 aliphatic carbocycles.